The lowest BCUT2D eigenvalue weighted by atomic mass is 10.0. The summed E-state index contributed by atoms with van der Waals surface area (Å²) in [7, 11) is 0. The first-order valence-electron chi connectivity index (χ1n) is 11.5. The van der Waals surface area contributed by atoms with Crippen molar-refractivity contribution < 1.29 is 9.59 Å². The highest BCUT2D eigenvalue weighted by Gasteiger charge is 2.32. The number of aromatic nitrogens is 2. The van der Waals surface area contributed by atoms with E-state index in [1.54, 1.807) is 0 Å². The fraction of sp³-hybridized carbons (Fsp3) is 0.360. The van der Waals surface area contributed by atoms with E-state index >= 15 is 0 Å². The van der Waals surface area contributed by atoms with Crippen molar-refractivity contribution in [2.45, 2.75) is 44.3 Å². The van der Waals surface area contributed by atoms with Crippen LogP contribution in [0.1, 0.15) is 36.0 Å². The van der Waals surface area contributed by atoms with Gasteiger partial charge in [-0.3, -0.25) is 14.5 Å². The summed E-state index contributed by atoms with van der Waals surface area (Å²) in [6, 6.07) is 17.8. The monoisotopic (exact) mass is 461 g/mol. The van der Waals surface area contributed by atoms with E-state index in [-0.39, 0.29) is 22.6 Å². The second kappa shape index (κ2) is 9.41. The van der Waals surface area contributed by atoms with E-state index in [4.69, 9.17) is 12.2 Å². The van der Waals surface area contributed by atoms with E-state index in [1.165, 1.54) is 10.1 Å². The normalized spacial score (nSPS) is 18.8. The van der Waals surface area contributed by atoms with Crippen LogP contribution in [-0.2, 0) is 11.3 Å². The molecule has 0 radical (unpaired) electrons. The van der Waals surface area contributed by atoms with Gasteiger partial charge < -0.3 is 10.6 Å². The minimum atomic E-state index is -0.474. The van der Waals surface area contributed by atoms with Gasteiger partial charge in [0.1, 0.15) is 11.9 Å². The predicted molar refractivity (Wildman–Crippen MR) is 131 cm³/mol. The number of carbonyl (C=O) groups is 2. The number of hydrogen-bond acceptors (Lipinski definition) is 6. The van der Waals surface area contributed by atoms with Crippen LogP contribution in [0.2, 0.25) is 0 Å². The Kier molecular flexibility index (Phi) is 6.20. The van der Waals surface area contributed by atoms with Gasteiger partial charge >= 0.3 is 0 Å². The Hall–Kier alpha value is -3.10. The van der Waals surface area contributed by atoms with Gasteiger partial charge in [0.2, 0.25) is 10.7 Å². The fourth-order valence-corrected chi connectivity index (χ4v) is 5.00. The van der Waals surface area contributed by atoms with E-state index < -0.39 is 6.04 Å². The largest absolute Gasteiger partial charge is 0.359 e. The van der Waals surface area contributed by atoms with Crippen LogP contribution in [0, 0.1) is 4.77 Å². The molecule has 0 saturated carbocycles. The molecule has 1 aromatic heterocycles. The highest BCUT2D eigenvalue weighted by molar-refractivity contribution is 7.71. The number of nitrogens with zero attached hydrogens (tertiary/aromatic N) is 3. The molecule has 2 N–H and O–H groups in total. The molecule has 0 spiro atoms. The molecule has 1 fully saturated rings. The van der Waals surface area contributed by atoms with Gasteiger partial charge in [-0.2, -0.15) is 0 Å². The number of benzene rings is 2. The van der Waals surface area contributed by atoms with Crippen molar-refractivity contribution in [2.24, 2.45) is 0 Å². The highest BCUT2D eigenvalue weighted by atomic mass is 32.1. The van der Waals surface area contributed by atoms with Gasteiger partial charge in [-0.15, -0.1) is 0 Å². The van der Waals surface area contributed by atoms with Gasteiger partial charge in [0, 0.05) is 37.5 Å². The van der Waals surface area contributed by atoms with Crippen LogP contribution in [0.5, 0.6) is 0 Å². The molecule has 170 valence electrons. The minimum absolute atomic E-state index is 0.00588. The zero-order chi connectivity index (χ0) is 22.8. The Morgan fingerprint density at radius 2 is 1.82 bits per heavy atom. The highest BCUT2D eigenvalue weighted by Crippen LogP contribution is 2.29. The number of para-hydroxylation sites is 1. The quantitative estimate of drug-likeness (QED) is 0.544. The molecule has 1 amide bonds. The van der Waals surface area contributed by atoms with Gasteiger partial charge in [0.15, 0.2) is 0 Å². The van der Waals surface area contributed by atoms with E-state index in [9.17, 15) is 9.59 Å². The van der Waals surface area contributed by atoms with Gasteiger partial charge in [-0.1, -0.05) is 42.5 Å². The Morgan fingerprint density at radius 1 is 1.09 bits per heavy atom. The molecular weight excluding hydrogens is 434 g/mol. The minimum Gasteiger partial charge on any atom is -0.359 e. The zero-order valence-corrected chi connectivity index (χ0v) is 19.2. The van der Waals surface area contributed by atoms with Crippen molar-refractivity contribution in [2.75, 3.05) is 18.4 Å². The average molecular weight is 462 g/mol. The maximum absolute atomic E-state index is 12.9. The molecule has 3 heterocycles. The molecule has 3 aromatic rings. The molecule has 5 rings (SSSR count). The topological polar surface area (TPSA) is 79.3 Å². The van der Waals surface area contributed by atoms with Crippen LogP contribution in [-0.4, -0.2) is 51.4 Å². The predicted octanol–water partition coefficient (Wildman–Crippen LogP) is 3.76. The summed E-state index contributed by atoms with van der Waals surface area (Å²) in [6.07, 6.45) is 2.59. The summed E-state index contributed by atoms with van der Waals surface area (Å²) >= 11 is 5.34. The maximum Gasteiger partial charge on any atom is 0.257 e. The Morgan fingerprint density at radius 3 is 2.61 bits per heavy atom. The van der Waals surface area contributed by atoms with Gasteiger partial charge in [0.25, 0.3) is 5.91 Å². The van der Waals surface area contributed by atoms with Gasteiger partial charge in [-0.25, -0.2) is 9.55 Å². The molecule has 1 atom stereocenters. The molecule has 2 aliphatic heterocycles. The average Bonchev–Trinajstić information content (AvgIpc) is 3.17. The summed E-state index contributed by atoms with van der Waals surface area (Å²) in [6.45, 7) is 2.88. The number of fused-ring (bicyclic) bond motifs is 3. The van der Waals surface area contributed by atoms with E-state index in [0.717, 1.165) is 43.4 Å². The van der Waals surface area contributed by atoms with Crippen molar-refractivity contribution in [1.82, 2.24) is 19.8 Å². The summed E-state index contributed by atoms with van der Waals surface area (Å²) in [5.41, 5.74) is 2.07. The van der Waals surface area contributed by atoms with Crippen molar-refractivity contribution >= 4 is 40.8 Å². The Bertz CT molecular complexity index is 1230. The third kappa shape index (κ3) is 4.67. The summed E-state index contributed by atoms with van der Waals surface area (Å²) in [5.74, 6) is 0.524. The molecule has 0 bridgehead atoms. The Balaban J connectivity index is 1.12. The zero-order valence-electron chi connectivity index (χ0n) is 18.4. The van der Waals surface area contributed by atoms with Crippen molar-refractivity contribution in [1.29, 1.82) is 0 Å². The standard InChI is InChI=1S/C25H27N5O2S/c31-22(26-18-12-14-29(15-13-18)16-17-6-2-1-3-7-17)11-10-21-24(32)30-23(27-21)19-8-4-5-9-20(19)28-25(30)33/h1-9,18,21,27H,10-16H2,(H,26,31)/t21-/m0/s1. The number of nitrogens with one attached hydrogen (secondary N) is 2. The number of hydrogen-bond donors (Lipinski definition) is 2. The summed E-state index contributed by atoms with van der Waals surface area (Å²) in [4.78, 5) is 32.3. The Labute approximate surface area is 197 Å². The number of likely N-dealkylation sites (tertiary alicyclic amines) is 1. The van der Waals surface area contributed by atoms with Crippen LogP contribution >= 0.6 is 12.2 Å². The molecule has 2 aromatic carbocycles. The molecule has 1 saturated heterocycles. The van der Waals surface area contributed by atoms with E-state index in [2.05, 4.69) is 44.8 Å². The van der Waals surface area contributed by atoms with E-state index in [0.29, 0.717) is 18.7 Å². The third-order valence-electron chi connectivity index (χ3n) is 6.48. The fourth-order valence-electron chi connectivity index (χ4n) is 4.72. The first-order chi connectivity index (χ1) is 16.1. The maximum atomic E-state index is 12.9. The van der Waals surface area contributed by atoms with Crippen LogP contribution < -0.4 is 10.6 Å². The first-order valence-corrected chi connectivity index (χ1v) is 11.9. The first kappa shape index (κ1) is 21.7. The number of carbonyl (C=O) groups excluding carboxylic acids is 2. The number of piperidine rings is 1. The smallest absolute Gasteiger partial charge is 0.257 e. The van der Waals surface area contributed by atoms with Crippen LogP contribution in [0.3, 0.4) is 0 Å². The van der Waals surface area contributed by atoms with Crippen molar-refractivity contribution in [3.63, 3.8) is 0 Å². The lowest BCUT2D eigenvalue weighted by molar-refractivity contribution is -0.122. The molecule has 0 unspecified atom stereocenters. The van der Waals surface area contributed by atoms with Crippen molar-refractivity contribution in [3.05, 3.63) is 64.9 Å². The number of anilines is 1. The SMILES string of the molecule is O=C(CC[C@@H]1Nc2c3ccccc3nc(=S)n2C1=O)NC1CCN(Cc2ccccc2)CC1. The third-order valence-corrected chi connectivity index (χ3v) is 6.76. The van der Waals surface area contributed by atoms with Crippen LogP contribution in [0.15, 0.2) is 54.6 Å². The molecule has 7 nitrogen and oxygen atoms in total. The second-order valence-corrected chi connectivity index (χ2v) is 9.14. The summed E-state index contributed by atoms with van der Waals surface area (Å²) < 4.78 is 1.71. The molecule has 8 heteroatoms. The van der Waals surface area contributed by atoms with Crippen LogP contribution in [0.4, 0.5) is 5.82 Å². The lowest BCUT2D eigenvalue weighted by Crippen LogP contribution is -2.44. The van der Waals surface area contributed by atoms with Gasteiger partial charge in [-0.05, 0) is 49.2 Å². The molecule has 0 aliphatic carbocycles. The summed E-state index contributed by atoms with van der Waals surface area (Å²) in [5, 5.41) is 7.29. The lowest BCUT2D eigenvalue weighted by Gasteiger charge is -2.32. The van der Waals surface area contributed by atoms with Crippen molar-refractivity contribution in [3.8, 4) is 0 Å². The molecule has 2 aliphatic rings. The number of rotatable bonds is 6. The molecular formula is C25H27N5O2S. The van der Waals surface area contributed by atoms with E-state index in [1.807, 2.05) is 30.3 Å². The second-order valence-electron chi connectivity index (χ2n) is 8.77. The van der Waals surface area contributed by atoms with Gasteiger partial charge in [0.05, 0.1) is 5.52 Å². The molecule has 33 heavy (non-hydrogen) atoms. The van der Waals surface area contributed by atoms with Crippen LogP contribution in [0.25, 0.3) is 10.9 Å². The number of amides is 1.